The summed E-state index contributed by atoms with van der Waals surface area (Å²) in [5.41, 5.74) is 3.55. The van der Waals surface area contributed by atoms with Gasteiger partial charge in [0.25, 0.3) is 0 Å². The van der Waals surface area contributed by atoms with Gasteiger partial charge in [-0.3, -0.25) is 0 Å². The molecule has 0 amide bonds. The van der Waals surface area contributed by atoms with Gasteiger partial charge in [-0.2, -0.15) is 0 Å². The number of nitrogens with zero attached hydrogens (tertiary/aromatic N) is 1. The molecule has 0 N–H and O–H groups in total. The van der Waals surface area contributed by atoms with Crippen molar-refractivity contribution in [3.8, 4) is 11.1 Å². The quantitative estimate of drug-likeness (QED) is 0.712. The Hall–Kier alpha value is -1.76. The molecular weight excluding hydrogens is 182 g/mol. The summed E-state index contributed by atoms with van der Waals surface area (Å²) in [6, 6.07) is 19.9. The van der Waals surface area contributed by atoms with Crippen molar-refractivity contribution in [1.82, 2.24) is 0 Å². The van der Waals surface area contributed by atoms with E-state index >= 15 is 0 Å². The van der Waals surface area contributed by atoms with Crippen LogP contribution in [-0.2, 0) is 0 Å². The fourth-order valence-corrected chi connectivity index (χ4v) is 1.50. The zero-order valence-corrected chi connectivity index (χ0v) is 9.07. The number of anilines is 1. The Morgan fingerprint density at radius 1 is 0.867 bits per heavy atom. The van der Waals surface area contributed by atoms with Crippen molar-refractivity contribution in [2.75, 3.05) is 19.0 Å². The first-order chi connectivity index (χ1) is 7.27. The third kappa shape index (κ3) is 2.18. The molecule has 0 bridgehead atoms. The zero-order chi connectivity index (χ0) is 10.7. The van der Waals surface area contributed by atoms with Crippen molar-refractivity contribution in [1.29, 1.82) is 0 Å². The Kier molecular flexibility index (Phi) is 2.72. The Bertz CT molecular complexity index is 415. The molecule has 1 heteroatoms. The topological polar surface area (TPSA) is 3.24 Å². The monoisotopic (exact) mass is 196 g/mol. The summed E-state index contributed by atoms with van der Waals surface area (Å²) >= 11 is 0. The van der Waals surface area contributed by atoms with E-state index in [0.717, 1.165) is 5.69 Å². The molecule has 0 unspecified atom stereocenters. The first-order valence-corrected chi connectivity index (χ1v) is 5.02. The van der Waals surface area contributed by atoms with E-state index in [4.69, 9.17) is 0 Å². The number of hydrogen-bond donors (Lipinski definition) is 0. The van der Waals surface area contributed by atoms with Crippen molar-refractivity contribution in [2.24, 2.45) is 0 Å². The maximum absolute atomic E-state index is 3.26. The molecule has 2 aromatic carbocycles. The summed E-state index contributed by atoms with van der Waals surface area (Å²) in [5, 5.41) is 0. The SMILES string of the molecule is CN(C)c1[c]cc(-c2ccccc2)cc1. The van der Waals surface area contributed by atoms with Crippen LogP contribution in [0.25, 0.3) is 11.1 Å². The van der Waals surface area contributed by atoms with Crippen molar-refractivity contribution >= 4 is 5.69 Å². The van der Waals surface area contributed by atoms with Crippen LogP contribution in [0.5, 0.6) is 0 Å². The molecule has 2 aromatic rings. The molecule has 0 spiro atoms. The average molecular weight is 196 g/mol. The van der Waals surface area contributed by atoms with Gasteiger partial charge in [-0.15, -0.1) is 0 Å². The molecule has 0 fully saturated rings. The van der Waals surface area contributed by atoms with Gasteiger partial charge in [0.2, 0.25) is 0 Å². The lowest BCUT2D eigenvalue weighted by Crippen LogP contribution is -2.08. The molecule has 1 radical (unpaired) electrons. The summed E-state index contributed by atoms with van der Waals surface area (Å²) in [6.45, 7) is 0. The molecule has 2 rings (SSSR count). The molecular formula is C14H14N. The van der Waals surface area contributed by atoms with Crippen LogP contribution in [0.3, 0.4) is 0 Å². The fraction of sp³-hybridized carbons (Fsp3) is 0.143. The van der Waals surface area contributed by atoms with E-state index in [-0.39, 0.29) is 0 Å². The molecule has 0 aliphatic carbocycles. The van der Waals surface area contributed by atoms with E-state index in [1.807, 2.05) is 26.2 Å². The fourth-order valence-electron chi connectivity index (χ4n) is 1.50. The number of hydrogen-bond acceptors (Lipinski definition) is 1. The van der Waals surface area contributed by atoms with E-state index in [2.05, 4.69) is 47.4 Å². The van der Waals surface area contributed by atoms with Crippen molar-refractivity contribution in [3.05, 3.63) is 54.6 Å². The molecule has 75 valence electrons. The lowest BCUT2D eigenvalue weighted by molar-refractivity contribution is 1.13. The Morgan fingerprint density at radius 2 is 1.60 bits per heavy atom. The van der Waals surface area contributed by atoms with Crippen molar-refractivity contribution in [2.45, 2.75) is 0 Å². The standard InChI is InChI=1S/C14H14N/c1-15(2)14-10-8-13(9-11-14)12-6-4-3-5-7-12/h3-10H,1-2H3. The lowest BCUT2D eigenvalue weighted by atomic mass is 10.1. The van der Waals surface area contributed by atoms with Gasteiger partial charge < -0.3 is 4.90 Å². The predicted octanol–water partition coefficient (Wildman–Crippen LogP) is 3.22. The molecule has 0 aliphatic heterocycles. The summed E-state index contributed by atoms with van der Waals surface area (Å²) in [7, 11) is 4.04. The molecule has 0 heterocycles. The van der Waals surface area contributed by atoms with E-state index in [1.165, 1.54) is 11.1 Å². The second kappa shape index (κ2) is 4.18. The Morgan fingerprint density at radius 3 is 2.13 bits per heavy atom. The van der Waals surface area contributed by atoms with E-state index in [9.17, 15) is 0 Å². The molecule has 0 aliphatic rings. The van der Waals surface area contributed by atoms with Crippen LogP contribution in [0.2, 0.25) is 0 Å². The van der Waals surface area contributed by atoms with Gasteiger partial charge in [0.15, 0.2) is 0 Å². The van der Waals surface area contributed by atoms with Gasteiger partial charge in [0, 0.05) is 25.8 Å². The molecule has 15 heavy (non-hydrogen) atoms. The van der Waals surface area contributed by atoms with Crippen LogP contribution in [-0.4, -0.2) is 14.1 Å². The highest BCUT2D eigenvalue weighted by molar-refractivity contribution is 5.65. The van der Waals surface area contributed by atoms with E-state index in [1.54, 1.807) is 0 Å². The van der Waals surface area contributed by atoms with Gasteiger partial charge in [0.1, 0.15) is 0 Å². The molecule has 0 atom stereocenters. The van der Waals surface area contributed by atoms with Crippen LogP contribution in [0.1, 0.15) is 0 Å². The van der Waals surface area contributed by atoms with Crippen LogP contribution in [0.4, 0.5) is 5.69 Å². The number of rotatable bonds is 2. The minimum absolute atomic E-state index is 1.11. The second-order valence-corrected chi connectivity index (χ2v) is 3.72. The third-order valence-corrected chi connectivity index (χ3v) is 2.39. The smallest absolute Gasteiger partial charge is 0.0441 e. The lowest BCUT2D eigenvalue weighted by Gasteiger charge is -2.12. The van der Waals surface area contributed by atoms with Gasteiger partial charge in [-0.05, 0) is 23.3 Å². The van der Waals surface area contributed by atoms with Gasteiger partial charge in [0.05, 0.1) is 0 Å². The summed E-state index contributed by atoms with van der Waals surface area (Å²) in [5.74, 6) is 0. The van der Waals surface area contributed by atoms with E-state index < -0.39 is 0 Å². The minimum atomic E-state index is 1.11. The largest absolute Gasteiger partial charge is 0.377 e. The predicted molar refractivity (Wildman–Crippen MR) is 65.0 cm³/mol. The Balaban J connectivity index is 2.32. The minimum Gasteiger partial charge on any atom is -0.377 e. The first-order valence-electron chi connectivity index (χ1n) is 5.02. The summed E-state index contributed by atoms with van der Waals surface area (Å²) in [4.78, 5) is 2.05. The second-order valence-electron chi connectivity index (χ2n) is 3.72. The van der Waals surface area contributed by atoms with Crippen molar-refractivity contribution < 1.29 is 0 Å². The van der Waals surface area contributed by atoms with Gasteiger partial charge >= 0.3 is 0 Å². The molecule has 1 nitrogen and oxygen atoms in total. The van der Waals surface area contributed by atoms with E-state index in [0.29, 0.717) is 0 Å². The van der Waals surface area contributed by atoms with Crippen LogP contribution >= 0.6 is 0 Å². The summed E-state index contributed by atoms with van der Waals surface area (Å²) in [6.07, 6.45) is 0. The molecule has 0 saturated heterocycles. The Labute approximate surface area is 91.0 Å². The van der Waals surface area contributed by atoms with Gasteiger partial charge in [-0.25, -0.2) is 0 Å². The number of benzene rings is 2. The van der Waals surface area contributed by atoms with Gasteiger partial charge in [-0.1, -0.05) is 36.4 Å². The average Bonchev–Trinajstić information content (AvgIpc) is 2.30. The van der Waals surface area contributed by atoms with Crippen LogP contribution in [0.15, 0.2) is 48.5 Å². The highest BCUT2D eigenvalue weighted by Gasteiger charge is 1.98. The molecule has 0 aromatic heterocycles. The zero-order valence-electron chi connectivity index (χ0n) is 9.07. The van der Waals surface area contributed by atoms with Crippen LogP contribution < -0.4 is 4.90 Å². The maximum atomic E-state index is 3.26. The normalized spacial score (nSPS) is 10.0. The highest BCUT2D eigenvalue weighted by Crippen LogP contribution is 2.21. The highest BCUT2D eigenvalue weighted by atomic mass is 15.1. The molecule has 0 saturated carbocycles. The van der Waals surface area contributed by atoms with Crippen molar-refractivity contribution in [3.63, 3.8) is 0 Å². The third-order valence-electron chi connectivity index (χ3n) is 2.39. The maximum Gasteiger partial charge on any atom is 0.0441 e. The van der Waals surface area contributed by atoms with Crippen LogP contribution in [0, 0.1) is 6.07 Å². The summed E-state index contributed by atoms with van der Waals surface area (Å²) < 4.78 is 0. The first kappa shape index (κ1) is 9.78.